The average Bonchev–Trinajstić information content (AvgIpc) is 3.10. The number of nitrogens with zero attached hydrogens (tertiary/aromatic N) is 2. The van der Waals surface area contributed by atoms with Gasteiger partial charge in [0.05, 0.1) is 4.92 Å². The van der Waals surface area contributed by atoms with Crippen LogP contribution in [0.3, 0.4) is 0 Å². The van der Waals surface area contributed by atoms with Crippen molar-refractivity contribution in [3.8, 4) is 6.07 Å². The van der Waals surface area contributed by atoms with Gasteiger partial charge in [-0.15, -0.1) is 0 Å². The van der Waals surface area contributed by atoms with Crippen molar-refractivity contribution < 1.29 is 9.72 Å². The van der Waals surface area contributed by atoms with Crippen molar-refractivity contribution in [2.24, 2.45) is 0 Å². The number of hydrogen-bond donors (Lipinski definition) is 2. The van der Waals surface area contributed by atoms with Gasteiger partial charge >= 0.3 is 0 Å². The third-order valence-electron chi connectivity index (χ3n) is 4.21. The molecule has 0 radical (unpaired) electrons. The fourth-order valence-corrected chi connectivity index (χ4v) is 2.98. The second-order valence-electron chi connectivity index (χ2n) is 6.00. The topological polar surface area (TPSA) is 112 Å². The maximum absolute atomic E-state index is 12.3. The van der Waals surface area contributed by atoms with Gasteiger partial charge in [0.15, 0.2) is 0 Å². The number of nitro groups is 1. The minimum absolute atomic E-state index is 0.173. The van der Waals surface area contributed by atoms with Gasteiger partial charge in [-0.05, 0) is 30.2 Å². The van der Waals surface area contributed by atoms with Crippen molar-refractivity contribution in [1.82, 2.24) is 10.3 Å². The predicted molar refractivity (Wildman–Crippen MR) is 107 cm³/mol. The number of aromatic amines is 1. The van der Waals surface area contributed by atoms with Crippen LogP contribution in [0.4, 0.5) is 5.69 Å². The average molecular weight is 395 g/mol. The molecule has 2 aromatic carbocycles. The van der Waals surface area contributed by atoms with E-state index in [0.717, 1.165) is 16.5 Å². The fourth-order valence-electron chi connectivity index (χ4n) is 2.80. The molecule has 3 rings (SSSR count). The van der Waals surface area contributed by atoms with Crippen LogP contribution in [0.1, 0.15) is 11.1 Å². The Bertz CT molecular complexity index is 1130. The van der Waals surface area contributed by atoms with Gasteiger partial charge in [0.1, 0.15) is 11.6 Å². The Morgan fingerprint density at radius 3 is 2.86 bits per heavy atom. The maximum atomic E-state index is 12.3. The number of amides is 1. The van der Waals surface area contributed by atoms with E-state index in [1.807, 2.05) is 36.5 Å². The molecular formula is C20H15ClN4O3. The molecule has 0 aliphatic carbocycles. The highest BCUT2D eigenvalue weighted by atomic mass is 35.5. The highest BCUT2D eigenvalue weighted by Gasteiger charge is 2.13. The summed E-state index contributed by atoms with van der Waals surface area (Å²) < 4.78 is 0. The number of carbonyl (C=O) groups excluding carboxylic acids is 1. The van der Waals surface area contributed by atoms with E-state index in [9.17, 15) is 20.2 Å². The number of hydrogen-bond acceptors (Lipinski definition) is 4. The van der Waals surface area contributed by atoms with E-state index >= 15 is 0 Å². The van der Waals surface area contributed by atoms with Crippen molar-refractivity contribution in [2.75, 3.05) is 6.54 Å². The van der Waals surface area contributed by atoms with Gasteiger partial charge in [0.2, 0.25) is 0 Å². The van der Waals surface area contributed by atoms with Crippen LogP contribution in [0, 0.1) is 21.4 Å². The van der Waals surface area contributed by atoms with E-state index in [-0.39, 0.29) is 21.8 Å². The zero-order chi connectivity index (χ0) is 20.1. The summed E-state index contributed by atoms with van der Waals surface area (Å²) in [5, 5.41) is 24.2. The molecule has 2 N–H and O–H groups in total. The van der Waals surface area contributed by atoms with Crippen LogP contribution in [-0.4, -0.2) is 22.4 Å². The molecule has 28 heavy (non-hydrogen) atoms. The van der Waals surface area contributed by atoms with E-state index < -0.39 is 10.8 Å². The number of nitro benzene ring substituents is 1. The molecule has 0 unspecified atom stereocenters. The molecule has 0 atom stereocenters. The Hall–Kier alpha value is -3.63. The second kappa shape index (κ2) is 8.37. The largest absolute Gasteiger partial charge is 0.361 e. The predicted octanol–water partition coefficient (Wildman–Crippen LogP) is 4.00. The van der Waals surface area contributed by atoms with E-state index in [1.165, 1.54) is 24.3 Å². The minimum atomic E-state index is -0.568. The Balaban J connectivity index is 1.70. The van der Waals surface area contributed by atoms with Crippen LogP contribution in [0.5, 0.6) is 0 Å². The van der Waals surface area contributed by atoms with Crippen LogP contribution in [-0.2, 0) is 11.2 Å². The first-order chi connectivity index (χ1) is 13.5. The Kier molecular flexibility index (Phi) is 5.72. The lowest BCUT2D eigenvalue weighted by Crippen LogP contribution is -2.26. The van der Waals surface area contributed by atoms with Crippen LogP contribution in [0.15, 0.2) is 54.2 Å². The number of carbonyl (C=O) groups is 1. The summed E-state index contributed by atoms with van der Waals surface area (Å²) in [5.74, 6) is -0.565. The first-order valence-electron chi connectivity index (χ1n) is 8.38. The van der Waals surface area contributed by atoms with Gasteiger partial charge in [0, 0.05) is 46.4 Å². The molecule has 0 saturated heterocycles. The van der Waals surface area contributed by atoms with Gasteiger partial charge in [0.25, 0.3) is 11.6 Å². The Labute approximate surface area is 165 Å². The van der Waals surface area contributed by atoms with Crippen molar-refractivity contribution in [2.45, 2.75) is 6.42 Å². The summed E-state index contributed by atoms with van der Waals surface area (Å²) in [6, 6.07) is 13.5. The Morgan fingerprint density at radius 1 is 1.32 bits per heavy atom. The first-order valence-corrected chi connectivity index (χ1v) is 8.76. The maximum Gasteiger partial charge on any atom is 0.270 e. The summed E-state index contributed by atoms with van der Waals surface area (Å²) >= 11 is 6.02. The smallest absolute Gasteiger partial charge is 0.270 e. The number of rotatable bonds is 6. The molecule has 0 bridgehead atoms. The lowest BCUT2D eigenvalue weighted by atomic mass is 10.1. The first kappa shape index (κ1) is 19.1. The lowest BCUT2D eigenvalue weighted by Gasteiger charge is -2.05. The highest BCUT2D eigenvalue weighted by Crippen LogP contribution is 2.24. The molecular weight excluding hydrogens is 380 g/mol. The summed E-state index contributed by atoms with van der Waals surface area (Å²) in [4.78, 5) is 25.8. The SMILES string of the molecule is N#C/C(=C\c1cc([N+](=O)[O-])ccc1Cl)C(=O)NCCc1c[nH]c2ccccc12. The Morgan fingerprint density at radius 2 is 2.11 bits per heavy atom. The molecule has 1 amide bonds. The molecule has 0 aliphatic rings. The van der Waals surface area contributed by atoms with Crippen LogP contribution in [0.2, 0.25) is 5.02 Å². The fraction of sp³-hybridized carbons (Fsp3) is 0.100. The van der Waals surface area contributed by atoms with Gasteiger partial charge < -0.3 is 10.3 Å². The molecule has 1 aromatic heterocycles. The number of halogens is 1. The number of H-pyrrole nitrogens is 1. The van der Waals surface area contributed by atoms with E-state index in [1.54, 1.807) is 0 Å². The highest BCUT2D eigenvalue weighted by molar-refractivity contribution is 6.32. The third kappa shape index (κ3) is 4.19. The van der Waals surface area contributed by atoms with Crippen molar-refractivity contribution in [3.05, 3.63) is 80.5 Å². The van der Waals surface area contributed by atoms with Gasteiger partial charge in [-0.3, -0.25) is 14.9 Å². The molecule has 0 aliphatic heterocycles. The molecule has 0 saturated carbocycles. The van der Waals surface area contributed by atoms with Gasteiger partial charge in [-0.25, -0.2) is 0 Å². The quantitative estimate of drug-likeness (QED) is 0.285. The summed E-state index contributed by atoms with van der Waals surface area (Å²) in [6.07, 6.45) is 3.73. The molecule has 0 spiro atoms. The number of non-ortho nitro benzene ring substituents is 1. The summed E-state index contributed by atoms with van der Waals surface area (Å²) in [7, 11) is 0. The third-order valence-corrected chi connectivity index (χ3v) is 4.55. The molecule has 140 valence electrons. The van der Waals surface area contributed by atoms with E-state index in [0.29, 0.717) is 13.0 Å². The summed E-state index contributed by atoms with van der Waals surface area (Å²) in [5.41, 5.74) is 1.95. The number of benzene rings is 2. The van der Waals surface area contributed by atoms with Crippen LogP contribution < -0.4 is 5.32 Å². The zero-order valence-corrected chi connectivity index (χ0v) is 15.4. The number of para-hydroxylation sites is 1. The number of nitrogens with one attached hydrogen (secondary N) is 2. The van der Waals surface area contributed by atoms with Crippen LogP contribution >= 0.6 is 11.6 Å². The second-order valence-corrected chi connectivity index (χ2v) is 6.41. The molecule has 1 heterocycles. The number of aromatic nitrogens is 1. The van der Waals surface area contributed by atoms with Crippen molar-refractivity contribution in [3.63, 3.8) is 0 Å². The van der Waals surface area contributed by atoms with E-state index in [4.69, 9.17) is 11.6 Å². The molecule has 3 aromatic rings. The molecule has 0 fully saturated rings. The minimum Gasteiger partial charge on any atom is -0.361 e. The lowest BCUT2D eigenvalue weighted by molar-refractivity contribution is -0.384. The standard InChI is InChI=1S/C20H15ClN4O3/c21-18-6-5-16(25(27)28)10-14(18)9-15(11-22)20(26)23-8-7-13-12-24-19-4-2-1-3-17(13)19/h1-6,9-10,12,24H,7-8H2,(H,23,26)/b15-9+. The van der Waals surface area contributed by atoms with Gasteiger partial charge in [-0.1, -0.05) is 29.8 Å². The zero-order valence-electron chi connectivity index (χ0n) is 14.6. The number of nitriles is 1. The van der Waals surface area contributed by atoms with Crippen LogP contribution in [0.25, 0.3) is 17.0 Å². The monoisotopic (exact) mass is 394 g/mol. The molecule has 7 nitrogen and oxygen atoms in total. The normalized spacial score (nSPS) is 11.2. The van der Waals surface area contributed by atoms with Crippen molar-refractivity contribution >= 4 is 40.2 Å². The van der Waals surface area contributed by atoms with Crippen molar-refractivity contribution in [1.29, 1.82) is 5.26 Å². The summed E-state index contributed by atoms with van der Waals surface area (Å²) in [6.45, 7) is 0.336. The van der Waals surface area contributed by atoms with Gasteiger partial charge in [-0.2, -0.15) is 5.26 Å². The van der Waals surface area contributed by atoms with E-state index in [2.05, 4.69) is 10.3 Å². The number of fused-ring (bicyclic) bond motifs is 1. The molecule has 8 heteroatoms.